The van der Waals surface area contributed by atoms with Crippen LogP contribution >= 0.6 is 0 Å². The minimum atomic E-state index is -0.342. The molecule has 0 radical (unpaired) electrons. The summed E-state index contributed by atoms with van der Waals surface area (Å²) in [5.41, 5.74) is 7.55. The lowest BCUT2D eigenvalue weighted by molar-refractivity contribution is -0.121. The second kappa shape index (κ2) is 10.3. The van der Waals surface area contributed by atoms with Gasteiger partial charge < -0.3 is 10.2 Å². The van der Waals surface area contributed by atoms with E-state index in [1.807, 2.05) is 49.4 Å². The van der Waals surface area contributed by atoms with Gasteiger partial charge in [-0.15, -0.1) is 0 Å². The summed E-state index contributed by atoms with van der Waals surface area (Å²) >= 11 is 0. The van der Waals surface area contributed by atoms with Crippen molar-refractivity contribution in [2.75, 3.05) is 24.5 Å². The molecule has 0 aromatic heterocycles. The predicted octanol–water partition coefficient (Wildman–Crippen LogP) is 2.64. The van der Waals surface area contributed by atoms with Gasteiger partial charge in [-0.25, -0.2) is 0 Å². The fourth-order valence-corrected chi connectivity index (χ4v) is 2.76. The van der Waals surface area contributed by atoms with E-state index in [-0.39, 0.29) is 24.4 Å². The maximum Gasteiger partial charge on any atom is 0.269 e. The largest absolute Gasteiger partial charge is 0.372 e. The molecule has 0 spiro atoms. The average molecular weight is 368 g/mol. The minimum Gasteiger partial charge on any atom is -0.372 e. The molecule has 0 bridgehead atoms. The van der Waals surface area contributed by atoms with E-state index in [1.165, 1.54) is 0 Å². The van der Waals surface area contributed by atoms with Crippen LogP contribution in [-0.2, 0) is 4.79 Å². The van der Waals surface area contributed by atoms with Crippen molar-refractivity contribution in [1.82, 2.24) is 16.2 Å². The summed E-state index contributed by atoms with van der Waals surface area (Å²) in [4.78, 5) is 26.3. The Kier molecular flexibility index (Phi) is 7.82. The van der Waals surface area contributed by atoms with Gasteiger partial charge in [0.2, 0.25) is 0 Å². The van der Waals surface area contributed by atoms with Gasteiger partial charge >= 0.3 is 0 Å². The van der Waals surface area contributed by atoms with E-state index in [9.17, 15) is 9.59 Å². The van der Waals surface area contributed by atoms with Crippen LogP contribution in [0.1, 0.15) is 42.7 Å². The van der Waals surface area contributed by atoms with Crippen LogP contribution in [0.15, 0.2) is 54.6 Å². The lowest BCUT2D eigenvalue weighted by Crippen LogP contribution is -2.45. The Hall–Kier alpha value is -2.86. The van der Waals surface area contributed by atoms with Crippen LogP contribution in [0.5, 0.6) is 0 Å². The number of benzene rings is 2. The van der Waals surface area contributed by atoms with Crippen molar-refractivity contribution in [3.8, 4) is 0 Å². The number of hydrogen-bond acceptors (Lipinski definition) is 4. The Balaban J connectivity index is 1.78. The van der Waals surface area contributed by atoms with E-state index in [4.69, 9.17) is 0 Å². The highest BCUT2D eigenvalue weighted by molar-refractivity contribution is 5.95. The van der Waals surface area contributed by atoms with E-state index in [1.54, 1.807) is 12.1 Å². The quantitative estimate of drug-likeness (QED) is 0.627. The zero-order chi connectivity index (χ0) is 19.6. The van der Waals surface area contributed by atoms with Crippen LogP contribution in [0.3, 0.4) is 0 Å². The molecule has 0 fully saturated rings. The molecule has 144 valence electrons. The molecule has 2 aromatic rings. The molecular weight excluding hydrogens is 340 g/mol. The van der Waals surface area contributed by atoms with Crippen molar-refractivity contribution in [3.05, 3.63) is 65.7 Å². The fourth-order valence-electron chi connectivity index (χ4n) is 2.76. The Morgan fingerprint density at radius 3 is 2.15 bits per heavy atom. The monoisotopic (exact) mass is 368 g/mol. The van der Waals surface area contributed by atoms with Gasteiger partial charge in [0.05, 0.1) is 6.54 Å². The SMILES string of the molecule is CCN(CC)c1ccc(C(=O)NNC(=O)CN[C@@H](C)c2ccccc2)cc1. The van der Waals surface area contributed by atoms with Gasteiger partial charge in [0.1, 0.15) is 0 Å². The molecule has 0 aliphatic carbocycles. The summed E-state index contributed by atoms with van der Waals surface area (Å²) in [6.45, 7) is 8.09. The zero-order valence-corrected chi connectivity index (χ0v) is 16.2. The zero-order valence-electron chi connectivity index (χ0n) is 16.2. The summed E-state index contributed by atoms with van der Waals surface area (Å²) in [7, 11) is 0. The lowest BCUT2D eigenvalue weighted by Gasteiger charge is -2.21. The van der Waals surface area contributed by atoms with Gasteiger partial charge in [0.15, 0.2) is 0 Å². The lowest BCUT2D eigenvalue weighted by atomic mass is 10.1. The number of hydrazine groups is 1. The average Bonchev–Trinajstić information content (AvgIpc) is 2.72. The Morgan fingerprint density at radius 1 is 0.926 bits per heavy atom. The summed E-state index contributed by atoms with van der Waals surface area (Å²) in [5, 5.41) is 3.13. The van der Waals surface area contributed by atoms with Gasteiger partial charge in [-0.05, 0) is 50.6 Å². The van der Waals surface area contributed by atoms with Gasteiger partial charge in [-0.1, -0.05) is 30.3 Å². The van der Waals surface area contributed by atoms with Crippen LogP contribution in [0, 0.1) is 0 Å². The molecule has 6 nitrogen and oxygen atoms in total. The van der Waals surface area contributed by atoms with Crippen molar-refractivity contribution in [3.63, 3.8) is 0 Å². The topological polar surface area (TPSA) is 73.5 Å². The standard InChI is InChI=1S/C21H28N4O2/c1-4-25(5-2)19-13-11-18(12-14-19)21(27)24-23-20(26)15-22-16(3)17-9-7-6-8-10-17/h6-14,16,22H,4-5,15H2,1-3H3,(H,23,26)(H,24,27)/t16-/m0/s1. The molecular formula is C21H28N4O2. The number of rotatable bonds is 8. The third-order valence-corrected chi connectivity index (χ3v) is 4.44. The van der Waals surface area contributed by atoms with E-state index >= 15 is 0 Å². The summed E-state index contributed by atoms with van der Waals surface area (Å²) < 4.78 is 0. The number of carbonyl (C=O) groups is 2. The van der Waals surface area contributed by atoms with E-state index in [0.717, 1.165) is 24.3 Å². The summed E-state index contributed by atoms with van der Waals surface area (Å²) in [5.74, 6) is -0.642. The van der Waals surface area contributed by atoms with Gasteiger partial charge in [-0.3, -0.25) is 20.4 Å². The normalized spacial score (nSPS) is 11.5. The van der Waals surface area contributed by atoms with Crippen molar-refractivity contribution in [2.24, 2.45) is 0 Å². The second-order valence-corrected chi connectivity index (χ2v) is 6.23. The van der Waals surface area contributed by atoms with Crippen LogP contribution in [0.25, 0.3) is 0 Å². The molecule has 3 N–H and O–H groups in total. The first-order valence-electron chi connectivity index (χ1n) is 9.27. The predicted molar refractivity (Wildman–Crippen MR) is 108 cm³/mol. The smallest absolute Gasteiger partial charge is 0.269 e. The maximum absolute atomic E-state index is 12.2. The van der Waals surface area contributed by atoms with Crippen LogP contribution in [0.4, 0.5) is 5.69 Å². The highest BCUT2D eigenvalue weighted by atomic mass is 16.2. The Labute approximate surface area is 160 Å². The molecule has 0 saturated heterocycles. The molecule has 2 rings (SSSR count). The number of nitrogens with zero attached hydrogens (tertiary/aromatic N) is 1. The molecule has 2 amide bonds. The number of carbonyl (C=O) groups excluding carboxylic acids is 2. The maximum atomic E-state index is 12.2. The molecule has 1 atom stereocenters. The third kappa shape index (κ3) is 6.11. The highest BCUT2D eigenvalue weighted by Crippen LogP contribution is 2.14. The molecule has 2 aromatic carbocycles. The molecule has 0 aliphatic rings. The molecule has 0 heterocycles. The Bertz CT molecular complexity index is 728. The molecule has 6 heteroatoms. The molecule has 0 unspecified atom stereocenters. The van der Waals surface area contributed by atoms with Crippen molar-refractivity contribution >= 4 is 17.5 Å². The molecule has 0 saturated carbocycles. The first-order valence-corrected chi connectivity index (χ1v) is 9.27. The van der Waals surface area contributed by atoms with Gasteiger partial charge in [0.25, 0.3) is 11.8 Å². The van der Waals surface area contributed by atoms with Gasteiger partial charge in [0, 0.05) is 30.4 Å². The number of amides is 2. The second-order valence-electron chi connectivity index (χ2n) is 6.23. The van der Waals surface area contributed by atoms with Crippen LogP contribution in [0.2, 0.25) is 0 Å². The van der Waals surface area contributed by atoms with Crippen molar-refractivity contribution in [1.29, 1.82) is 0 Å². The molecule has 0 aliphatic heterocycles. The molecule has 27 heavy (non-hydrogen) atoms. The van der Waals surface area contributed by atoms with Crippen LogP contribution in [-0.4, -0.2) is 31.4 Å². The minimum absolute atomic E-state index is 0.0419. The third-order valence-electron chi connectivity index (χ3n) is 4.44. The highest BCUT2D eigenvalue weighted by Gasteiger charge is 2.10. The van der Waals surface area contributed by atoms with Crippen molar-refractivity contribution < 1.29 is 9.59 Å². The summed E-state index contributed by atoms with van der Waals surface area (Å²) in [6, 6.07) is 17.2. The first-order chi connectivity index (χ1) is 13.0. The first kappa shape index (κ1) is 20.5. The number of hydrogen-bond donors (Lipinski definition) is 3. The number of nitrogens with one attached hydrogen (secondary N) is 3. The number of anilines is 1. The van der Waals surface area contributed by atoms with Crippen molar-refractivity contribution in [2.45, 2.75) is 26.8 Å². The van der Waals surface area contributed by atoms with E-state index < -0.39 is 0 Å². The summed E-state index contributed by atoms with van der Waals surface area (Å²) in [6.07, 6.45) is 0. The van der Waals surface area contributed by atoms with E-state index in [0.29, 0.717) is 5.56 Å². The van der Waals surface area contributed by atoms with E-state index in [2.05, 4.69) is 34.9 Å². The van der Waals surface area contributed by atoms with Crippen LogP contribution < -0.4 is 21.1 Å². The Morgan fingerprint density at radius 2 is 1.56 bits per heavy atom. The fraction of sp³-hybridized carbons (Fsp3) is 0.333. The van der Waals surface area contributed by atoms with Gasteiger partial charge in [-0.2, -0.15) is 0 Å².